The van der Waals surface area contributed by atoms with Crippen LogP contribution in [0.5, 0.6) is 0 Å². The number of rotatable bonds is 5. The van der Waals surface area contributed by atoms with Crippen molar-refractivity contribution >= 4 is 35.0 Å². The van der Waals surface area contributed by atoms with Crippen molar-refractivity contribution in [1.82, 2.24) is 15.6 Å². The van der Waals surface area contributed by atoms with E-state index in [1.54, 1.807) is 0 Å². The molecule has 2 aromatic rings. The third-order valence-electron chi connectivity index (χ3n) is 3.98. The number of alkyl halides is 6. The van der Waals surface area contributed by atoms with Gasteiger partial charge in [-0.15, -0.1) is 0 Å². The van der Waals surface area contributed by atoms with Crippen LogP contribution in [0.15, 0.2) is 36.5 Å². The van der Waals surface area contributed by atoms with E-state index < -0.39 is 29.9 Å². The molecule has 33 heavy (non-hydrogen) atoms. The predicted octanol–water partition coefficient (Wildman–Crippen LogP) is 5.09. The van der Waals surface area contributed by atoms with Gasteiger partial charge in [0.2, 0.25) is 0 Å². The van der Waals surface area contributed by atoms with Crippen LogP contribution in [0.2, 0.25) is 5.02 Å². The first kappa shape index (κ1) is 26.0. The summed E-state index contributed by atoms with van der Waals surface area (Å²) in [6.07, 6.45) is -7.81. The van der Waals surface area contributed by atoms with Crippen molar-refractivity contribution < 1.29 is 41.0 Å². The zero-order chi connectivity index (χ0) is 24.8. The van der Waals surface area contributed by atoms with Gasteiger partial charge < -0.3 is 21.1 Å². The first-order valence-corrected chi connectivity index (χ1v) is 9.56. The summed E-state index contributed by atoms with van der Waals surface area (Å²) >= 11 is 5.61. The van der Waals surface area contributed by atoms with Crippen LogP contribution in [0.3, 0.4) is 0 Å². The van der Waals surface area contributed by atoms with Crippen molar-refractivity contribution in [2.24, 2.45) is 0 Å². The fourth-order valence-corrected chi connectivity index (χ4v) is 2.45. The largest absolute Gasteiger partial charge is 0.471 e. The lowest BCUT2D eigenvalue weighted by atomic mass is 10.1. The molecule has 2 amide bonds. The zero-order valence-electron chi connectivity index (χ0n) is 16.5. The third kappa shape index (κ3) is 9.04. The quantitative estimate of drug-likeness (QED) is 0.430. The summed E-state index contributed by atoms with van der Waals surface area (Å²) in [7, 11) is 0. The molecule has 1 saturated carbocycles. The van der Waals surface area contributed by atoms with E-state index in [2.05, 4.69) is 15.6 Å². The van der Waals surface area contributed by atoms with E-state index in [1.807, 2.05) is 5.32 Å². The second kappa shape index (κ2) is 10.6. The molecular weight excluding hydrogens is 482 g/mol. The molecule has 0 bridgehead atoms. The van der Waals surface area contributed by atoms with Gasteiger partial charge in [0, 0.05) is 11.1 Å². The molecule has 4 N–H and O–H groups in total. The number of hydrogen-bond acceptors (Lipinski definition) is 4. The molecule has 180 valence electrons. The van der Waals surface area contributed by atoms with E-state index in [-0.39, 0.29) is 23.3 Å². The molecule has 1 aromatic carbocycles. The van der Waals surface area contributed by atoms with Gasteiger partial charge in [-0.3, -0.25) is 9.78 Å². The van der Waals surface area contributed by atoms with Gasteiger partial charge in [0.05, 0.1) is 35.4 Å². The fourth-order valence-electron chi connectivity index (χ4n) is 2.28. The number of nitrogens with one attached hydrogen (secondary N) is 3. The molecule has 0 unspecified atom stereocenters. The van der Waals surface area contributed by atoms with Crippen LogP contribution < -0.4 is 16.0 Å². The number of aromatic nitrogens is 1. The maximum absolute atomic E-state index is 13.0. The topological polar surface area (TPSA) is 103 Å². The Hall–Kier alpha value is -3.22. The minimum Gasteiger partial charge on any atom is -0.465 e. The Morgan fingerprint density at radius 1 is 1.09 bits per heavy atom. The molecule has 0 aliphatic heterocycles. The lowest BCUT2D eigenvalue weighted by Gasteiger charge is -2.15. The van der Waals surface area contributed by atoms with Gasteiger partial charge in [0.1, 0.15) is 0 Å². The molecule has 3 rings (SSSR count). The van der Waals surface area contributed by atoms with Crippen molar-refractivity contribution in [1.29, 1.82) is 0 Å². The number of carbonyl (C=O) groups is 2. The summed E-state index contributed by atoms with van der Waals surface area (Å²) in [5, 5.41) is 15.1. The van der Waals surface area contributed by atoms with E-state index >= 15 is 0 Å². The minimum atomic E-state index is -4.72. The third-order valence-corrected chi connectivity index (χ3v) is 4.22. The molecule has 0 radical (unpaired) electrons. The number of carboxylic acid groups (broad SMARTS) is 1. The number of nitrogens with zero attached hydrogens (tertiary/aromatic N) is 1. The smallest absolute Gasteiger partial charge is 0.465 e. The van der Waals surface area contributed by atoms with Gasteiger partial charge in [0.25, 0.3) is 0 Å². The van der Waals surface area contributed by atoms with E-state index in [9.17, 15) is 35.9 Å². The van der Waals surface area contributed by atoms with Crippen LogP contribution in [0.1, 0.15) is 24.1 Å². The Labute approximate surface area is 188 Å². The highest BCUT2D eigenvalue weighted by Crippen LogP contribution is 2.37. The van der Waals surface area contributed by atoms with E-state index in [0.29, 0.717) is 24.2 Å². The van der Waals surface area contributed by atoms with Gasteiger partial charge >= 0.3 is 24.4 Å². The highest BCUT2D eigenvalue weighted by molar-refractivity contribution is 6.30. The van der Waals surface area contributed by atoms with E-state index in [1.165, 1.54) is 30.5 Å². The fraction of sp³-hybridized carbons (Fsp3) is 0.316. The van der Waals surface area contributed by atoms with Crippen LogP contribution in [0.25, 0.3) is 0 Å². The Kier molecular flexibility index (Phi) is 8.36. The van der Waals surface area contributed by atoms with E-state index in [0.717, 1.165) is 6.07 Å². The van der Waals surface area contributed by atoms with Gasteiger partial charge in [-0.25, -0.2) is 4.79 Å². The van der Waals surface area contributed by atoms with Gasteiger partial charge in [-0.2, -0.15) is 26.3 Å². The highest BCUT2D eigenvalue weighted by atomic mass is 35.5. The molecular formula is C19H17ClF6N4O3. The molecule has 14 heteroatoms. The number of anilines is 2. The number of hydrogen-bond donors (Lipinski definition) is 4. The highest BCUT2D eigenvalue weighted by Gasteiger charge is 2.41. The summed E-state index contributed by atoms with van der Waals surface area (Å²) in [4.78, 5) is 24.4. The average molecular weight is 499 g/mol. The predicted molar refractivity (Wildman–Crippen MR) is 106 cm³/mol. The van der Waals surface area contributed by atoms with Gasteiger partial charge in [-0.05, 0) is 43.2 Å². The molecule has 1 aromatic heterocycles. The minimum absolute atomic E-state index is 0.00432. The Morgan fingerprint density at radius 2 is 1.76 bits per heavy atom. The number of halogens is 7. The lowest BCUT2D eigenvalue weighted by molar-refractivity contribution is -0.173. The summed E-state index contributed by atoms with van der Waals surface area (Å²) < 4.78 is 73.3. The number of amides is 2. The molecule has 0 spiro atoms. The molecule has 1 heterocycles. The average Bonchev–Trinajstić information content (AvgIpc) is 3.52. The standard InChI is InChI=1S/C14H11ClF3N3O2.C5H6F3NO/c15-8-1-4-12(11(5-8)14(16,17)18)21-10-3-2-9(19-7-10)6-20-13(22)23;6-5(7,8)4(10)9-3-1-2-3/h1-5,7,20-21H,6H2,(H,22,23);3H,1-2H2,(H,9,10). The van der Waals surface area contributed by atoms with Crippen molar-refractivity contribution in [2.75, 3.05) is 5.32 Å². The lowest BCUT2D eigenvalue weighted by Crippen LogP contribution is -2.37. The Bertz CT molecular complexity index is 979. The molecule has 7 nitrogen and oxygen atoms in total. The maximum atomic E-state index is 13.0. The van der Waals surface area contributed by atoms with E-state index in [4.69, 9.17) is 16.7 Å². The van der Waals surface area contributed by atoms with Crippen molar-refractivity contribution in [2.45, 2.75) is 37.8 Å². The Balaban J connectivity index is 0.000000321. The first-order valence-electron chi connectivity index (χ1n) is 9.19. The van der Waals surface area contributed by atoms with Crippen LogP contribution in [0, 0.1) is 0 Å². The van der Waals surface area contributed by atoms with Crippen LogP contribution in [-0.2, 0) is 17.5 Å². The summed E-state index contributed by atoms with van der Waals surface area (Å²) in [5.74, 6) is -1.82. The van der Waals surface area contributed by atoms with Crippen LogP contribution in [0.4, 0.5) is 42.5 Å². The van der Waals surface area contributed by atoms with Crippen LogP contribution >= 0.6 is 11.6 Å². The molecule has 1 fully saturated rings. The molecule has 1 aliphatic rings. The molecule has 1 aliphatic carbocycles. The molecule has 0 atom stereocenters. The van der Waals surface area contributed by atoms with Crippen molar-refractivity contribution in [3.8, 4) is 0 Å². The summed E-state index contributed by atoms with van der Waals surface area (Å²) in [5.41, 5.74) is -0.274. The SMILES string of the molecule is O=C(NC1CC1)C(F)(F)F.O=C(O)NCc1ccc(Nc2ccc(Cl)cc2C(F)(F)F)cn1. The number of pyridine rings is 1. The van der Waals surface area contributed by atoms with Gasteiger partial charge in [0.15, 0.2) is 0 Å². The Morgan fingerprint density at radius 3 is 2.24 bits per heavy atom. The first-order chi connectivity index (χ1) is 15.3. The molecule has 0 saturated heterocycles. The second-order valence-electron chi connectivity index (χ2n) is 6.76. The maximum Gasteiger partial charge on any atom is 0.471 e. The van der Waals surface area contributed by atoms with Crippen molar-refractivity contribution in [3.63, 3.8) is 0 Å². The summed E-state index contributed by atoms with van der Waals surface area (Å²) in [6, 6.07) is 6.18. The number of carbonyl (C=O) groups excluding carboxylic acids is 1. The van der Waals surface area contributed by atoms with Crippen LogP contribution in [-0.4, -0.2) is 34.3 Å². The van der Waals surface area contributed by atoms with Gasteiger partial charge in [-0.1, -0.05) is 11.6 Å². The second-order valence-corrected chi connectivity index (χ2v) is 7.19. The van der Waals surface area contributed by atoms with Crippen molar-refractivity contribution in [3.05, 3.63) is 52.8 Å². The zero-order valence-corrected chi connectivity index (χ0v) is 17.3. The summed E-state index contributed by atoms with van der Waals surface area (Å²) in [6.45, 7) is 0.00432. The monoisotopic (exact) mass is 498 g/mol. The normalized spacial score (nSPS) is 13.4. The number of benzene rings is 1.